The number of nitrogens with zero attached hydrogens (tertiary/aromatic N) is 3. The van der Waals surface area contributed by atoms with Gasteiger partial charge in [-0.15, -0.1) is 0 Å². The van der Waals surface area contributed by atoms with E-state index in [4.69, 9.17) is 10.3 Å². The number of azide groups is 1. The number of anilines is 1. The smallest absolute Gasteiger partial charge is 0.235 e. The molecule has 1 aromatic carbocycles. The molecule has 0 aliphatic heterocycles. The predicted molar refractivity (Wildman–Crippen MR) is 56.0 cm³/mol. The van der Waals surface area contributed by atoms with Crippen LogP contribution in [-0.2, 0) is 4.74 Å². The fourth-order valence-corrected chi connectivity index (χ4v) is 0.980. The third-order valence-corrected chi connectivity index (χ3v) is 1.66. The molecule has 1 aromatic rings. The van der Waals surface area contributed by atoms with Crippen molar-refractivity contribution in [2.75, 3.05) is 18.5 Å². The van der Waals surface area contributed by atoms with Crippen LogP contribution in [0.1, 0.15) is 0 Å². The molecule has 0 fully saturated rings. The Balaban J connectivity index is 2.30. The highest BCUT2D eigenvalue weighted by molar-refractivity contribution is 5.42. The van der Waals surface area contributed by atoms with Gasteiger partial charge in [-0.1, -0.05) is 5.11 Å². The summed E-state index contributed by atoms with van der Waals surface area (Å²) in [6.45, 7) is 0.234. The van der Waals surface area contributed by atoms with Gasteiger partial charge in [-0.25, -0.2) is 4.39 Å². The van der Waals surface area contributed by atoms with Crippen molar-refractivity contribution in [1.82, 2.24) is 0 Å². The first-order valence-corrected chi connectivity index (χ1v) is 4.55. The molecule has 86 valence electrons. The lowest BCUT2D eigenvalue weighted by atomic mass is 10.3. The molecule has 0 saturated heterocycles. The zero-order valence-corrected chi connectivity index (χ0v) is 8.38. The molecule has 0 aromatic heterocycles. The summed E-state index contributed by atoms with van der Waals surface area (Å²) in [5, 5.41) is 15.1. The van der Waals surface area contributed by atoms with E-state index in [0.29, 0.717) is 5.69 Å². The van der Waals surface area contributed by atoms with Gasteiger partial charge in [0.1, 0.15) is 5.82 Å². The van der Waals surface area contributed by atoms with Crippen LogP contribution in [0.2, 0.25) is 0 Å². The Labute approximate surface area is 91.3 Å². The van der Waals surface area contributed by atoms with Crippen LogP contribution in [0.25, 0.3) is 10.4 Å². The topological polar surface area (TPSA) is 90.3 Å². The molecule has 1 atom stereocenters. The van der Waals surface area contributed by atoms with Crippen LogP contribution in [0, 0.1) is 5.82 Å². The van der Waals surface area contributed by atoms with E-state index in [9.17, 15) is 9.50 Å². The molecule has 0 spiro atoms. The summed E-state index contributed by atoms with van der Waals surface area (Å²) in [7, 11) is 0. The van der Waals surface area contributed by atoms with E-state index in [1.54, 1.807) is 0 Å². The molecule has 0 bridgehead atoms. The number of hydrogen-bond acceptors (Lipinski definition) is 4. The average molecular weight is 226 g/mol. The summed E-state index contributed by atoms with van der Waals surface area (Å²) in [6, 6.07) is 5.45. The van der Waals surface area contributed by atoms with Crippen molar-refractivity contribution < 1.29 is 14.2 Å². The van der Waals surface area contributed by atoms with Crippen LogP contribution in [0.3, 0.4) is 0 Å². The second kappa shape index (κ2) is 6.62. The Hall–Kier alpha value is -1.82. The highest BCUT2D eigenvalue weighted by Gasteiger charge is 2.02. The lowest BCUT2D eigenvalue weighted by Crippen LogP contribution is -2.23. The molecule has 0 heterocycles. The van der Waals surface area contributed by atoms with E-state index in [2.05, 4.69) is 15.3 Å². The first-order chi connectivity index (χ1) is 7.72. The van der Waals surface area contributed by atoms with Crippen LogP contribution in [0.4, 0.5) is 10.1 Å². The Kier molecular flexibility index (Phi) is 5.07. The first-order valence-electron chi connectivity index (χ1n) is 4.55. The maximum atomic E-state index is 12.5. The second-order valence-electron chi connectivity index (χ2n) is 2.83. The fraction of sp³-hybridized carbons (Fsp3) is 0.333. The molecule has 0 radical (unpaired) electrons. The molecular weight excluding hydrogens is 215 g/mol. The summed E-state index contributed by atoms with van der Waals surface area (Å²) >= 11 is 0. The van der Waals surface area contributed by atoms with Crippen molar-refractivity contribution in [3.63, 3.8) is 0 Å². The third kappa shape index (κ3) is 4.61. The summed E-state index contributed by atoms with van der Waals surface area (Å²) in [6.07, 6.45) is -1.22. The van der Waals surface area contributed by atoms with Crippen molar-refractivity contribution >= 4 is 5.69 Å². The number of halogens is 1. The average Bonchev–Trinajstić information content (AvgIpc) is 2.28. The molecule has 1 rings (SSSR count). The fourth-order valence-electron chi connectivity index (χ4n) is 0.980. The minimum absolute atomic E-state index is 0.0966. The molecule has 7 heteroatoms. The number of ether oxygens (including phenoxy) is 1. The summed E-state index contributed by atoms with van der Waals surface area (Å²) in [5.41, 5.74) is 8.51. The van der Waals surface area contributed by atoms with Crippen molar-refractivity contribution in [3.05, 3.63) is 40.5 Å². The highest BCUT2D eigenvalue weighted by atomic mass is 19.1. The second-order valence-corrected chi connectivity index (χ2v) is 2.83. The molecule has 0 unspecified atom stereocenters. The number of hydrogen-bond donors (Lipinski definition) is 2. The number of nitrogens with one attached hydrogen (secondary N) is 1. The Morgan fingerprint density at radius 1 is 1.50 bits per heavy atom. The zero-order valence-electron chi connectivity index (χ0n) is 8.38. The number of benzene rings is 1. The molecule has 0 aliphatic rings. The van der Waals surface area contributed by atoms with Gasteiger partial charge in [-0.2, -0.15) is 0 Å². The van der Waals surface area contributed by atoms with Gasteiger partial charge in [0.15, 0.2) is 0 Å². The predicted octanol–water partition coefficient (Wildman–Crippen LogP) is 1.84. The van der Waals surface area contributed by atoms with Crippen molar-refractivity contribution in [1.29, 1.82) is 0 Å². The quantitative estimate of drug-likeness (QED) is 0.255. The normalized spacial score (nSPS) is 11.6. The SMILES string of the molecule is [N-]=[N+]=NCCO[C@H](O)Nc1ccc(F)cc1. The third-order valence-electron chi connectivity index (χ3n) is 1.66. The van der Waals surface area contributed by atoms with Gasteiger partial charge in [0, 0.05) is 17.1 Å². The summed E-state index contributed by atoms with van der Waals surface area (Å²) < 4.78 is 17.4. The lowest BCUT2D eigenvalue weighted by Gasteiger charge is -2.13. The van der Waals surface area contributed by atoms with E-state index in [1.165, 1.54) is 24.3 Å². The van der Waals surface area contributed by atoms with Crippen LogP contribution >= 0.6 is 0 Å². The zero-order chi connectivity index (χ0) is 11.8. The van der Waals surface area contributed by atoms with Gasteiger partial charge in [-0.05, 0) is 29.8 Å². The van der Waals surface area contributed by atoms with E-state index < -0.39 is 6.41 Å². The van der Waals surface area contributed by atoms with Crippen LogP contribution in [0.5, 0.6) is 0 Å². The first kappa shape index (κ1) is 12.3. The highest BCUT2D eigenvalue weighted by Crippen LogP contribution is 2.09. The Morgan fingerprint density at radius 2 is 2.19 bits per heavy atom. The van der Waals surface area contributed by atoms with Crippen LogP contribution < -0.4 is 5.32 Å². The largest absolute Gasteiger partial charge is 0.351 e. The van der Waals surface area contributed by atoms with Gasteiger partial charge in [0.05, 0.1) is 6.61 Å². The van der Waals surface area contributed by atoms with Crippen LogP contribution in [0.15, 0.2) is 29.4 Å². The summed E-state index contributed by atoms with van der Waals surface area (Å²) in [5.74, 6) is -0.357. The Morgan fingerprint density at radius 3 is 2.81 bits per heavy atom. The van der Waals surface area contributed by atoms with E-state index in [-0.39, 0.29) is 19.0 Å². The number of rotatable bonds is 6. The van der Waals surface area contributed by atoms with E-state index in [0.717, 1.165) is 0 Å². The van der Waals surface area contributed by atoms with Crippen molar-refractivity contribution in [3.8, 4) is 0 Å². The minimum atomic E-state index is -1.22. The molecule has 16 heavy (non-hydrogen) atoms. The Bertz CT molecular complexity index is 364. The minimum Gasteiger partial charge on any atom is -0.351 e. The molecule has 0 aliphatic carbocycles. The van der Waals surface area contributed by atoms with Gasteiger partial charge < -0.3 is 15.2 Å². The monoisotopic (exact) mass is 226 g/mol. The maximum absolute atomic E-state index is 12.5. The van der Waals surface area contributed by atoms with Gasteiger partial charge in [0.2, 0.25) is 6.41 Å². The van der Waals surface area contributed by atoms with Gasteiger partial charge >= 0.3 is 0 Å². The molecule has 0 saturated carbocycles. The molecule has 2 N–H and O–H groups in total. The van der Waals surface area contributed by atoms with Crippen molar-refractivity contribution in [2.45, 2.75) is 6.41 Å². The number of aliphatic hydroxyl groups is 1. The standard InChI is InChI=1S/C9H11FN4O2/c10-7-1-3-8(4-2-7)13-9(15)16-6-5-12-14-11/h1-4,9,13,15H,5-6H2/t9-/m0/s1. The van der Waals surface area contributed by atoms with E-state index in [1.807, 2.05) is 0 Å². The van der Waals surface area contributed by atoms with Gasteiger partial charge in [-0.3, -0.25) is 0 Å². The maximum Gasteiger partial charge on any atom is 0.235 e. The lowest BCUT2D eigenvalue weighted by molar-refractivity contribution is -0.0750. The van der Waals surface area contributed by atoms with E-state index >= 15 is 0 Å². The summed E-state index contributed by atoms with van der Waals surface area (Å²) in [4.78, 5) is 2.53. The van der Waals surface area contributed by atoms with Crippen LogP contribution in [-0.4, -0.2) is 24.7 Å². The number of aliphatic hydroxyl groups excluding tert-OH is 1. The molecule has 6 nitrogen and oxygen atoms in total. The van der Waals surface area contributed by atoms with Crippen molar-refractivity contribution in [2.24, 2.45) is 5.11 Å². The van der Waals surface area contributed by atoms with Gasteiger partial charge in [0.25, 0.3) is 0 Å². The molecular formula is C9H11FN4O2. The molecule has 0 amide bonds.